The molecule has 0 radical (unpaired) electrons. The van der Waals surface area contributed by atoms with E-state index in [-0.39, 0.29) is 42.5 Å². The zero-order chi connectivity index (χ0) is 20.6. The van der Waals surface area contributed by atoms with Crippen LogP contribution in [0, 0.1) is 6.92 Å². The monoisotopic (exact) mass is 543 g/mol. The van der Waals surface area contributed by atoms with Crippen LogP contribution >= 0.6 is 35.7 Å². The van der Waals surface area contributed by atoms with Gasteiger partial charge in [0, 0.05) is 43.8 Å². The van der Waals surface area contributed by atoms with Gasteiger partial charge in [-0.3, -0.25) is 4.79 Å². The number of carbonyl (C=O) groups excluding carboxylic acids is 1. The number of halogens is 1. The largest absolute Gasteiger partial charge is 0.356 e. The molecule has 1 aromatic carbocycles. The van der Waals surface area contributed by atoms with E-state index in [1.54, 1.807) is 30.8 Å². The fourth-order valence-corrected chi connectivity index (χ4v) is 3.83. The Morgan fingerprint density at radius 1 is 1.33 bits per heavy atom. The van der Waals surface area contributed by atoms with Gasteiger partial charge in [0.1, 0.15) is 18.2 Å². The molecule has 0 spiro atoms. The summed E-state index contributed by atoms with van der Waals surface area (Å²) in [5.41, 5.74) is 0. The Hall–Kier alpha value is -1.82. The van der Waals surface area contributed by atoms with Gasteiger partial charge in [-0.15, -0.1) is 35.7 Å². The molecule has 1 amide bonds. The first-order valence-electron chi connectivity index (χ1n) is 9.84. The van der Waals surface area contributed by atoms with E-state index in [0.29, 0.717) is 5.96 Å². The summed E-state index contributed by atoms with van der Waals surface area (Å²) >= 11 is 1.79. The molecule has 0 saturated carbocycles. The Bertz CT molecular complexity index is 841. The molecule has 1 aliphatic rings. The standard InChI is InChI=1S/C20H29N7OS.HI/c1-15-23-18-10-9-16(14-27(18)25-15)24-20(22-13-19(28)26(2)3)21-11-12-29-17-7-5-4-6-8-17;/h4-8,16H,9-14H2,1-3H3,(H2,21,22,24);1H. The number of rotatable bonds is 7. The van der Waals surface area contributed by atoms with E-state index in [9.17, 15) is 4.79 Å². The second-order valence-electron chi connectivity index (χ2n) is 7.18. The summed E-state index contributed by atoms with van der Waals surface area (Å²) in [6, 6.07) is 10.5. The lowest BCUT2D eigenvalue weighted by atomic mass is 10.1. The van der Waals surface area contributed by atoms with Crippen LogP contribution in [-0.2, 0) is 17.8 Å². The number of aromatic nitrogens is 3. The van der Waals surface area contributed by atoms with Crippen molar-refractivity contribution in [3.8, 4) is 0 Å². The molecule has 8 nitrogen and oxygen atoms in total. The average Bonchev–Trinajstić information content (AvgIpc) is 3.08. The van der Waals surface area contributed by atoms with Gasteiger partial charge in [-0.1, -0.05) is 18.2 Å². The number of thioether (sulfide) groups is 1. The highest BCUT2D eigenvalue weighted by Gasteiger charge is 2.21. The molecular weight excluding hydrogens is 513 g/mol. The third kappa shape index (κ3) is 7.46. The maximum absolute atomic E-state index is 12.0. The highest BCUT2D eigenvalue weighted by atomic mass is 127. The zero-order valence-electron chi connectivity index (χ0n) is 17.7. The van der Waals surface area contributed by atoms with Crippen molar-refractivity contribution >= 4 is 47.6 Å². The summed E-state index contributed by atoms with van der Waals surface area (Å²) in [7, 11) is 3.48. The molecule has 3 rings (SSSR count). The summed E-state index contributed by atoms with van der Waals surface area (Å²) in [5, 5.41) is 11.3. The van der Waals surface area contributed by atoms with Gasteiger partial charge in [-0.05, 0) is 25.5 Å². The fraction of sp³-hybridized carbons (Fsp3) is 0.500. The maximum atomic E-state index is 12.0. The van der Waals surface area contributed by atoms with Crippen molar-refractivity contribution < 1.29 is 4.79 Å². The predicted octanol–water partition coefficient (Wildman–Crippen LogP) is 1.94. The van der Waals surface area contributed by atoms with Crippen molar-refractivity contribution in [2.45, 2.75) is 37.2 Å². The minimum Gasteiger partial charge on any atom is -0.356 e. The third-order valence-corrected chi connectivity index (χ3v) is 5.60. The van der Waals surface area contributed by atoms with Crippen molar-refractivity contribution in [2.75, 3.05) is 32.9 Å². The number of nitrogens with zero attached hydrogens (tertiary/aromatic N) is 5. The van der Waals surface area contributed by atoms with Crippen LogP contribution < -0.4 is 10.6 Å². The summed E-state index contributed by atoms with van der Waals surface area (Å²) in [5.74, 6) is 3.39. The highest BCUT2D eigenvalue weighted by molar-refractivity contribution is 14.0. The molecule has 30 heavy (non-hydrogen) atoms. The molecule has 0 bridgehead atoms. The molecule has 164 valence electrons. The molecule has 2 heterocycles. The molecule has 1 aromatic heterocycles. The number of likely N-dealkylation sites (N-methyl/N-ethyl adjacent to an activating group) is 1. The van der Waals surface area contributed by atoms with Crippen molar-refractivity contribution in [3.05, 3.63) is 42.0 Å². The summed E-state index contributed by atoms with van der Waals surface area (Å²) in [4.78, 5) is 23.7. The number of guanidine groups is 1. The van der Waals surface area contributed by atoms with Gasteiger partial charge in [0.15, 0.2) is 5.96 Å². The predicted molar refractivity (Wildman–Crippen MR) is 132 cm³/mol. The molecule has 1 atom stereocenters. The van der Waals surface area contributed by atoms with E-state index >= 15 is 0 Å². The Morgan fingerprint density at radius 2 is 2.10 bits per heavy atom. The molecule has 2 aromatic rings. The van der Waals surface area contributed by atoms with Crippen LogP contribution in [0.4, 0.5) is 0 Å². The lowest BCUT2D eigenvalue weighted by Crippen LogP contribution is -2.48. The molecule has 10 heteroatoms. The number of carbonyl (C=O) groups is 1. The number of nitrogens with one attached hydrogen (secondary N) is 2. The van der Waals surface area contributed by atoms with Crippen LogP contribution in [0.3, 0.4) is 0 Å². The van der Waals surface area contributed by atoms with Gasteiger partial charge in [0.2, 0.25) is 5.91 Å². The zero-order valence-corrected chi connectivity index (χ0v) is 20.8. The van der Waals surface area contributed by atoms with Crippen LogP contribution in [0.2, 0.25) is 0 Å². The first-order valence-corrected chi connectivity index (χ1v) is 10.8. The number of aliphatic imine (C=N–C) groups is 1. The van der Waals surface area contributed by atoms with Crippen molar-refractivity contribution in [1.82, 2.24) is 30.3 Å². The fourth-order valence-electron chi connectivity index (χ4n) is 3.04. The van der Waals surface area contributed by atoms with Gasteiger partial charge in [0.05, 0.1) is 6.54 Å². The Kier molecular flexibility index (Phi) is 9.89. The lowest BCUT2D eigenvalue weighted by molar-refractivity contribution is -0.127. The average molecular weight is 543 g/mol. The van der Waals surface area contributed by atoms with Crippen LogP contribution in [0.5, 0.6) is 0 Å². The lowest BCUT2D eigenvalue weighted by Gasteiger charge is -2.25. The number of aryl methyl sites for hydroxylation is 2. The van der Waals surface area contributed by atoms with E-state index < -0.39 is 0 Å². The number of amides is 1. The molecule has 2 N–H and O–H groups in total. The van der Waals surface area contributed by atoms with Crippen molar-refractivity contribution in [3.63, 3.8) is 0 Å². The first-order chi connectivity index (χ1) is 14.0. The van der Waals surface area contributed by atoms with Crippen LogP contribution in [-0.4, -0.2) is 70.5 Å². The van der Waals surface area contributed by atoms with Gasteiger partial charge in [-0.25, -0.2) is 14.7 Å². The van der Waals surface area contributed by atoms with Gasteiger partial charge in [0.25, 0.3) is 0 Å². The smallest absolute Gasteiger partial charge is 0.243 e. The Labute approximate surface area is 199 Å². The minimum absolute atomic E-state index is 0. The van der Waals surface area contributed by atoms with E-state index in [0.717, 1.165) is 43.3 Å². The van der Waals surface area contributed by atoms with Gasteiger partial charge < -0.3 is 15.5 Å². The number of hydrogen-bond acceptors (Lipinski definition) is 5. The van der Waals surface area contributed by atoms with Crippen LogP contribution in [0.25, 0.3) is 0 Å². The van der Waals surface area contributed by atoms with Crippen LogP contribution in [0.1, 0.15) is 18.1 Å². The molecule has 1 unspecified atom stereocenters. The minimum atomic E-state index is -0.0254. The van der Waals surface area contributed by atoms with E-state index in [1.807, 2.05) is 29.8 Å². The van der Waals surface area contributed by atoms with Crippen LogP contribution in [0.15, 0.2) is 40.2 Å². The van der Waals surface area contributed by atoms with Gasteiger partial charge >= 0.3 is 0 Å². The molecule has 0 saturated heterocycles. The highest BCUT2D eigenvalue weighted by Crippen LogP contribution is 2.16. The molecule has 0 aliphatic carbocycles. The number of benzene rings is 1. The number of fused-ring (bicyclic) bond motifs is 1. The molecular formula is C20H30IN7OS. The normalized spacial score (nSPS) is 15.7. The summed E-state index contributed by atoms with van der Waals surface area (Å²) in [6.45, 7) is 3.53. The van der Waals surface area contributed by atoms with Gasteiger partial charge in [-0.2, -0.15) is 5.10 Å². The Morgan fingerprint density at radius 3 is 2.83 bits per heavy atom. The summed E-state index contributed by atoms with van der Waals surface area (Å²) in [6.07, 6.45) is 1.84. The van der Waals surface area contributed by atoms with Crippen molar-refractivity contribution in [2.24, 2.45) is 4.99 Å². The molecule has 1 aliphatic heterocycles. The number of hydrogen-bond donors (Lipinski definition) is 2. The van der Waals surface area contributed by atoms with E-state index in [2.05, 4.69) is 37.8 Å². The second-order valence-corrected chi connectivity index (χ2v) is 8.35. The quantitative estimate of drug-likeness (QED) is 0.183. The van der Waals surface area contributed by atoms with E-state index in [4.69, 9.17) is 0 Å². The Balaban J connectivity index is 0.00000320. The van der Waals surface area contributed by atoms with Crippen molar-refractivity contribution in [1.29, 1.82) is 0 Å². The van der Waals surface area contributed by atoms with E-state index in [1.165, 1.54) is 4.90 Å². The second kappa shape index (κ2) is 12.1. The SMILES string of the molecule is Cc1nc2n(n1)CC(NC(=NCC(=O)N(C)C)NCCSc1ccccc1)CC2.I. The topological polar surface area (TPSA) is 87.4 Å². The maximum Gasteiger partial charge on any atom is 0.243 e. The first kappa shape index (κ1) is 24.4. The molecule has 0 fully saturated rings. The summed E-state index contributed by atoms with van der Waals surface area (Å²) < 4.78 is 1.96. The third-order valence-electron chi connectivity index (χ3n) is 4.58.